The molecule has 2 fully saturated rings. The first-order valence-corrected chi connectivity index (χ1v) is 9.19. The zero-order chi connectivity index (χ0) is 17.8. The molecule has 1 aromatic rings. The van der Waals surface area contributed by atoms with Crippen LogP contribution in [0.4, 0.5) is 0 Å². The fourth-order valence-corrected chi connectivity index (χ4v) is 3.66. The van der Waals surface area contributed by atoms with Gasteiger partial charge in [0.2, 0.25) is 5.91 Å². The van der Waals surface area contributed by atoms with Crippen LogP contribution in [0.1, 0.15) is 43.8 Å². The first-order chi connectivity index (χ1) is 12.1. The molecule has 1 aliphatic carbocycles. The van der Waals surface area contributed by atoms with Crippen LogP contribution >= 0.6 is 0 Å². The van der Waals surface area contributed by atoms with Crippen LogP contribution in [0.25, 0.3) is 0 Å². The maximum atomic E-state index is 12.5. The minimum absolute atomic E-state index is 0.248. The highest BCUT2D eigenvalue weighted by atomic mass is 16.2. The summed E-state index contributed by atoms with van der Waals surface area (Å²) in [5.74, 6) is 3.09. The number of aryl methyl sites for hydroxylation is 1. The SMILES string of the molecule is CN=C(NCc1nnc(C)n1C)NC1CCN(C(=O)C2CCCC2)C1. The second-order valence-electron chi connectivity index (χ2n) is 7.04. The lowest BCUT2D eigenvalue weighted by Crippen LogP contribution is -2.45. The summed E-state index contributed by atoms with van der Waals surface area (Å²) in [5.41, 5.74) is 0. The smallest absolute Gasteiger partial charge is 0.225 e. The van der Waals surface area contributed by atoms with Crippen LogP contribution in [0.5, 0.6) is 0 Å². The Kier molecular flexibility index (Phi) is 5.55. The monoisotopic (exact) mass is 347 g/mol. The van der Waals surface area contributed by atoms with E-state index < -0.39 is 0 Å². The largest absolute Gasteiger partial charge is 0.352 e. The summed E-state index contributed by atoms with van der Waals surface area (Å²) in [7, 11) is 3.71. The molecule has 2 heterocycles. The van der Waals surface area contributed by atoms with E-state index in [2.05, 4.69) is 25.8 Å². The van der Waals surface area contributed by atoms with Gasteiger partial charge in [0.1, 0.15) is 5.82 Å². The number of nitrogens with zero attached hydrogens (tertiary/aromatic N) is 5. The Balaban J connectivity index is 1.47. The Morgan fingerprint density at radius 1 is 1.28 bits per heavy atom. The molecule has 138 valence electrons. The van der Waals surface area contributed by atoms with Crippen molar-refractivity contribution in [1.82, 2.24) is 30.3 Å². The first kappa shape index (κ1) is 17.7. The van der Waals surface area contributed by atoms with Crippen molar-refractivity contribution in [3.05, 3.63) is 11.6 Å². The van der Waals surface area contributed by atoms with Crippen LogP contribution in [-0.4, -0.2) is 57.7 Å². The Bertz CT molecular complexity index is 633. The maximum absolute atomic E-state index is 12.5. The average Bonchev–Trinajstić information content (AvgIpc) is 3.35. The van der Waals surface area contributed by atoms with Gasteiger partial charge in [-0.15, -0.1) is 10.2 Å². The van der Waals surface area contributed by atoms with Crippen molar-refractivity contribution < 1.29 is 4.79 Å². The Morgan fingerprint density at radius 2 is 2.04 bits per heavy atom. The molecule has 1 amide bonds. The standard InChI is InChI=1S/C17H29N7O/c1-12-21-22-15(23(12)3)10-19-17(18-2)20-14-8-9-24(11-14)16(25)13-6-4-5-7-13/h13-14H,4-11H2,1-3H3,(H2,18,19,20). The third-order valence-electron chi connectivity index (χ3n) is 5.37. The van der Waals surface area contributed by atoms with Gasteiger partial charge in [-0.3, -0.25) is 9.79 Å². The summed E-state index contributed by atoms with van der Waals surface area (Å²) >= 11 is 0. The van der Waals surface area contributed by atoms with Crippen molar-refractivity contribution >= 4 is 11.9 Å². The minimum atomic E-state index is 0.248. The average molecular weight is 347 g/mol. The quantitative estimate of drug-likeness (QED) is 0.614. The van der Waals surface area contributed by atoms with E-state index >= 15 is 0 Å². The summed E-state index contributed by atoms with van der Waals surface area (Å²) < 4.78 is 1.96. The molecule has 25 heavy (non-hydrogen) atoms. The molecule has 0 spiro atoms. The maximum Gasteiger partial charge on any atom is 0.225 e. The van der Waals surface area contributed by atoms with Crippen LogP contribution in [0.3, 0.4) is 0 Å². The van der Waals surface area contributed by atoms with Crippen LogP contribution in [0, 0.1) is 12.8 Å². The van der Waals surface area contributed by atoms with E-state index in [-0.39, 0.29) is 12.0 Å². The lowest BCUT2D eigenvalue weighted by molar-refractivity contribution is -0.134. The summed E-state index contributed by atoms with van der Waals surface area (Å²) in [4.78, 5) is 18.8. The summed E-state index contributed by atoms with van der Waals surface area (Å²) in [6, 6.07) is 0.248. The predicted octanol–water partition coefficient (Wildman–Crippen LogP) is 0.580. The van der Waals surface area contributed by atoms with Crippen molar-refractivity contribution in [2.24, 2.45) is 18.0 Å². The van der Waals surface area contributed by atoms with E-state index in [1.807, 2.05) is 23.4 Å². The van der Waals surface area contributed by atoms with Crippen LogP contribution in [0.2, 0.25) is 0 Å². The molecule has 1 unspecified atom stereocenters. The number of hydrogen-bond donors (Lipinski definition) is 2. The van der Waals surface area contributed by atoms with Crippen molar-refractivity contribution in [3.63, 3.8) is 0 Å². The Labute approximate surface area is 149 Å². The second kappa shape index (κ2) is 7.84. The third-order valence-corrected chi connectivity index (χ3v) is 5.37. The fraction of sp³-hybridized carbons (Fsp3) is 0.765. The van der Waals surface area contributed by atoms with Crippen molar-refractivity contribution in [3.8, 4) is 0 Å². The molecule has 2 aliphatic rings. The van der Waals surface area contributed by atoms with Gasteiger partial charge in [-0.1, -0.05) is 12.8 Å². The van der Waals surface area contributed by atoms with Gasteiger partial charge in [0.25, 0.3) is 0 Å². The number of amides is 1. The lowest BCUT2D eigenvalue weighted by atomic mass is 10.1. The van der Waals surface area contributed by atoms with Gasteiger partial charge < -0.3 is 20.1 Å². The molecule has 2 N–H and O–H groups in total. The van der Waals surface area contributed by atoms with E-state index in [0.29, 0.717) is 12.5 Å². The molecule has 3 rings (SSSR count). The summed E-state index contributed by atoms with van der Waals surface area (Å²) in [6.45, 7) is 4.10. The highest BCUT2D eigenvalue weighted by molar-refractivity contribution is 5.81. The van der Waals surface area contributed by atoms with Gasteiger partial charge in [-0.05, 0) is 26.2 Å². The topological polar surface area (TPSA) is 87.4 Å². The number of carbonyl (C=O) groups is 1. The molecular formula is C17H29N7O. The Hall–Kier alpha value is -2.12. The number of likely N-dealkylation sites (tertiary alicyclic amines) is 1. The van der Waals surface area contributed by atoms with E-state index in [4.69, 9.17) is 0 Å². The second-order valence-corrected chi connectivity index (χ2v) is 7.04. The normalized spacial score (nSPS) is 21.8. The van der Waals surface area contributed by atoms with Crippen LogP contribution in [-0.2, 0) is 18.4 Å². The number of nitrogens with one attached hydrogen (secondary N) is 2. The lowest BCUT2D eigenvalue weighted by Gasteiger charge is -2.21. The van der Waals surface area contributed by atoms with Gasteiger partial charge in [-0.25, -0.2) is 0 Å². The number of carbonyl (C=O) groups excluding carboxylic acids is 1. The van der Waals surface area contributed by atoms with E-state index in [1.54, 1.807) is 7.05 Å². The minimum Gasteiger partial charge on any atom is -0.352 e. The van der Waals surface area contributed by atoms with Crippen molar-refractivity contribution in [2.75, 3.05) is 20.1 Å². The van der Waals surface area contributed by atoms with Gasteiger partial charge in [0.05, 0.1) is 6.54 Å². The third kappa shape index (κ3) is 4.11. The molecule has 1 aromatic heterocycles. The van der Waals surface area contributed by atoms with E-state index in [0.717, 1.165) is 50.0 Å². The summed E-state index contributed by atoms with van der Waals surface area (Å²) in [6.07, 6.45) is 5.48. The Morgan fingerprint density at radius 3 is 2.68 bits per heavy atom. The van der Waals surface area contributed by atoms with Crippen LogP contribution < -0.4 is 10.6 Å². The molecule has 0 radical (unpaired) electrons. The molecule has 1 atom stereocenters. The molecule has 1 aliphatic heterocycles. The zero-order valence-electron chi connectivity index (χ0n) is 15.5. The summed E-state index contributed by atoms with van der Waals surface area (Å²) in [5, 5.41) is 14.9. The number of rotatable bonds is 4. The highest BCUT2D eigenvalue weighted by Crippen LogP contribution is 2.27. The van der Waals surface area contributed by atoms with Gasteiger partial charge in [-0.2, -0.15) is 0 Å². The number of hydrogen-bond acceptors (Lipinski definition) is 4. The van der Waals surface area contributed by atoms with E-state index in [9.17, 15) is 4.79 Å². The van der Waals surface area contributed by atoms with Gasteiger partial charge >= 0.3 is 0 Å². The molecule has 1 saturated carbocycles. The van der Waals surface area contributed by atoms with Crippen molar-refractivity contribution in [2.45, 2.75) is 51.6 Å². The predicted molar refractivity (Wildman–Crippen MR) is 96.0 cm³/mol. The fourth-order valence-electron chi connectivity index (χ4n) is 3.66. The van der Waals surface area contributed by atoms with Gasteiger partial charge in [0, 0.05) is 39.1 Å². The first-order valence-electron chi connectivity index (χ1n) is 9.19. The number of aromatic nitrogens is 3. The van der Waals surface area contributed by atoms with Crippen molar-refractivity contribution in [1.29, 1.82) is 0 Å². The van der Waals surface area contributed by atoms with E-state index in [1.165, 1.54) is 12.8 Å². The molecule has 1 saturated heterocycles. The molecule has 0 bridgehead atoms. The number of aliphatic imine (C=N–C) groups is 1. The molecular weight excluding hydrogens is 318 g/mol. The highest BCUT2D eigenvalue weighted by Gasteiger charge is 2.32. The van der Waals surface area contributed by atoms with Gasteiger partial charge in [0.15, 0.2) is 11.8 Å². The molecule has 8 heteroatoms. The van der Waals surface area contributed by atoms with Crippen LogP contribution in [0.15, 0.2) is 4.99 Å². The molecule has 0 aromatic carbocycles. The molecule has 8 nitrogen and oxygen atoms in total. The number of guanidine groups is 1. The zero-order valence-corrected chi connectivity index (χ0v) is 15.5.